The van der Waals surface area contributed by atoms with Crippen molar-refractivity contribution in [3.8, 4) is 5.75 Å². The molecule has 5 rings (SSSR count). The lowest BCUT2D eigenvalue weighted by molar-refractivity contribution is -0.145. The van der Waals surface area contributed by atoms with Crippen molar-refractivity contribution < 1.29 is 23.9 Å². The summed E-state index contributed by atoms with van der Waals surface area (Å²) in [5, 5.41) is 3.38. The molecule has 2 amide bonds. The fourth-order valence-corrected chi connectivity index (χ4v) is 5.32. The van der Waals surface area contributed by atoms with Gasteiger partial charge in [0.2, 0.25) is 11.8 Å². The molecule has 2 fully saturated rings. The summed E-state index contributed by atoms with van der Waals surface area (Å²) in [6.45, 7) is 0. The second-order valence-corrected chi connectivity index (χ2v) is 8.40. The summed E-state index contributed by atoms with van der Waals surface area (Å²) in [5.41, 5.74) is 0.921. The summed E-state index contributed by atoms with van der Waals surface area (Å²) in [6, 6.07) is 24.7. The van der Waals surface area contributed by atoms with Crippen molar-refractivity contribution in [2.75, 3.05) is 19.1 Å². The van der Waals surface area contributed by atoms with Gasteiger partial charge in [-0.25, -0.2) is 4.90 Å². The van der Waals surface area contributed by atoms with Crippen LogP contribution in [0.15, 0.2) is 84.9 Å². The minimum Gasteiger partial charge on any atom is -0.497 e. The van der Waals surface area contributed by atoms with Crippen LogP contribution < -0.4 is 15.0 Å². The van der Waals surface area contributed by atoms with Gasteiger partial charge < -0.3 is 9.47 Å². The molecular formula is C27H24N2O5. The largest absolute Gasteiger partial charge is 0.497 e. The van der Waals surface area contributed by atoms with Gasteiger partial charge in [0.25, 0.3) is 0 Å². The number of carbonyl (C=O) groups is 3. The number of hydrogen-bond acceptors (Lipinski definition) is 6. The highest BCUT2D eigenvalue weighted by Gasteiger charge is 2.68. The van der Waals surface area contributed by atoms with Gasteiger partial charge in [0.05, 0.1) is 37.3 Å². The number of ether oxygens (including phenoxy) is 2. The summed E-state index contributed by atoms with van der Waals surface area (Å²) >= 11 is 0. The molecule has 172 valence electrons. The maximum atomic E-state index is 14.1. The summed E-state index contributed by atoms with van der Waals surface area (Å²) in [4.78, 5) is 41.9. The fraction of sp³-hybridized carbons (Fsp3) is 0.222. The van der Waals surface area contributed by atoms with E-state index in [2.05, 4.69) is 5.32 Å². The number of imide groups is 1. The Labute approximate surface area is 197 Å². The number of fused-ring (bicyclic) bond motifs is 1. The summed E-state index contributed by atoms with van der Waals surface area (Å²) < 4.78 is 10.3. The van der Waals surface area contributed by atoms with Crippen molar-refractivity contribution in [1.29, 1.82) is 0 Å². The zero-order valence-electron chi connectivity index (χ0n) is 18.8. The Kier molecular flexibility index (Phi) is 5.42. The first-order valence-electron chi connectivity index (χ1n) is 11.0. The summed E-state index contributed by atoms with van der Waals surface area (Å²) in [6.07, 6.45) is 0. The normalized spacial score (nSPS) is 23.0. The number of methoxy groups -OCH3 is 2. The Morgan fingerprint density at radius 2 is 1.38 bits per heavy atom. The predicted octanol–water partition coefficient (Wildman–Crippen LogP) is 2.89. The minimum atomic E-state index is -1.10. The molecule has 3 atom stereocenters. The molecule has 2 heterocycles. The monoisotopic (exact) mass is 456 g/mol. The first-order chi connectivity index (χ1) is 16.5. The van der Waals surface area contributed by atoms with Gasteiger partial charge >= 0.3 is 5.97 Å². The number of esters is 1. The molecule has 7 nitrogen and oxygen atoms in total. The van der Waals surface area contributed by atoms with Crippen molar-refractivity contribution in [2.45, 2.75) is 11.6 Å². The standard InChI is InChI=1S/C27H24N2O5/c1-33-20-15-13-19(14-16-20)29-24(30)21-22(25(29)31)27(17-9-5-3-6-10-17,18-11-7-4-8-12-18)28-23(21)26(32)34-2/h3-16,21-23,28H,1-2H3/t21-,22+,23-/m1/s1. The van der Waals surface area contributed by atoms with Gasteiger partial charge in [0, 0.05) is 0 Å². The Bertz CT molecular complexity index is 1190. The maximum absolute atomic E-state index is 14.1. The van der Waals surface area contributed by atoms with E-state index in [4.69, 9.17) is 9.47 Å². The third-order valence-electron chi connectivity index (χ3n) is 6.80. The molecule has 34 heavy (non-hydrogen) atoms. The van der Waals surface area contributed by atoms with Gasteiger partial charge in [0.1, 0.15) is 11.8 Å². The predicted molar refractivity (Wildman–Crippen MR) is 125 cm³/mol. The lowest BCUT2D eigenvalue weighted by Gasteiger charge is -2.36. The molecule has 3 aromatic carbocycles. The smallest absolute Gasteiger partial charge is 0.323 e. The molecule has 0 spiro atoms. The molecule has 0 aromatic heterocycles. The first kappa shape index (κ1) is 21.9. The topological polar surface area (TPSA) is 84.9 Å². The van der Waals surface area contributed by atoms with E-state index in [0.29, 0.717) is 11.4 Å². The number of benzene rings is 3. The number of nitrogens with one attached hydrogen (secondary N) is 1. The van der Waals surface area contributed by atoms with Crippen molar-refractivity contribution in [2.24, 2.45) is 11.8 Å². The van der Waals surface area contributed by atoms with E-state index in [1.807, 2.05) is 60.7 Å². The number of carbonyl (C=O) groups excluding carboxylic acids is 3. The average molecular weight is 456 g/mol. The average Bonchev–Trinajstić information content (AvgIpc) is 3.39. The van der Waals surface area contributed by atoms with Gasteiger partial charge in [-0.1, -0.05) is 60.7 Å². The van der Waals surface area contributed by atoms with Crippen LogP contribution in [0.1, 0.15) is 11.1 Å². The van der Waals surface area contributed by atoms with Crippen LogP contribution in [0.5, 0.6) is 5.75 Å². The Balaban J connectivity index is 1.72. The molecule has 7 heteroatoms. The van der Waals surface area contributed by atoms with E-state index >= 15 is 0 Å². The van der Waals surface area contributed by atoms with E-state index in [0.717, 1.165) is 11.1 Å². The molecule has 2 aliphatic rings. The summed E-state index contributed by atoms with van der Waals surface area (Å²) in [5.74, 6) is -2.55. The van der Waals surface area contributed by atoms with Crippen LogP contribution in [0.4, 0.5) is 5.69 Å². The number of rotatable bonds is 5. The van der Waals surface area contributed by atoms with Crippen LogP contribution in [0.3, 0.4) is 0 Å². The van der Waals surface area contributed by atoms with E-state index < -0.39 is 35.3 Å². The van der Waals surface area contributed by atoms with E-state index in [-0.39, 0.29) is 5.91 Å². The number of anilines is 1. The maximum Gasteiger partial charge on any atom is 0.323 e. The highest BCUT2D eigenvalue weighted by Crippen LogP contribution is 2.52. The van der Waals surface area contributed by atoms with E-state index in [1.54, 1.807) is 31.4 Å². The van der Waals surface area contributed by atoms with Crippen LogP contribution in [0, 0.1) is 11.8 Å². The molecule has 0 radical (unpaired) electrons. The molecule has 0 aliphatic carbocycles. The Morgan fingerprint density at radius 3 is 1.88 bits per heavy atom. The van der Waals surface area contributed by atoms with Crippen LogP contribution >= 0.6 is 0 Å². The van der Waals surface area contributed by atoms with Crippen molar-refractivity contribution >= 4 is 23.5 Å². The number of nitrogens with zero attached hydrogens (tertiary/aromatic N) is 1. The fourth-order valence-electron chi connectivity index (χ4n) is 5.32. The van der Waals surface area contributed by atoms with Gasteiger partial charge in [-0.15, -0.1) is 0 Å². The quantitative estimate of drug-likeness (QED) is 0.470. The van der Waals surface area contributed by atoms with Crippen molar-refractivity contribution in [3.05, 3.63) is 96.1 Å². The highest BCUT2D eigenvalue weighted by molar-refractivity contribution is 6.24. The van der Waals surface area contributed by atoms with Gasteiger partial charge in [0.15, 0.2) is 0 Å². The lowest BCUT2D eigenvalue weighted by atomic mass is 9.72. The van der Waals surface area contributed by atoms with Gasteiger partial charge in [-0.05, 0) is 35.4 Å². The minimum absolute atomic E-state index is 0.369. The molecule has 1 N–H and O–H groups in total. The van der Waals surface area contributed by atoms with Crippen LogP contribution in [-0.4, -0.2) is 38.0 Å². The SMILES string of the molecule is COC(=O)[C@@H]1NC(c2ccccc2)(c2ccccc2)[C@@H]2C(=O)N(c3ccc(OC)cc3)C(=O)[C@H]21. The third kappa shape index (κ3) is 3.12. The highest BCUT2D eigenvalue weighted by atomic mass is 16.5. The van der Waals surface area contributed by atoms with Gasteiger partial charge in [-0.2, -0.15) is 0 Å². The van der Waals surface area contributed by atoms with E-state index in [1.165, 1.54) is 12.0 Å². The lowest BCUT2D eigenvalue weighted by Crippen LogP contribution is -2.51. The van der Waals surface area contributed by atoms with E-state index in [9.17, 15) is 14.4 Å². The molecule has 2 aliphatic heterocycles. The van der Waals surface area contributed by atoms with Crippen LogP contribution in [0.25, 0.3) is 0 Å². The zero-order chi connectivity index (χ0) is 23.9. The molecule has 3 aromatic rings. The summed E-state index contributed by atoms with van der Waals surface area (Å²) in [7, 11) is 2.83. The molecule has 2 saturated heterocycles. The molecule has 0 saturated carbocycles. The molecule has 0 bridgehead atoms. The third-order valence-corrected chi connectivity index (χ3v) is 6.80. The van der Waals surface area contributed by atoms with Crippen molar-refractivity contribution in [1.82, 2.24) is 5.32 Å². The zero-order valence-corrected chi connectivity index (χ0v) is 18.8. The second-order valence-electron chi connectivity index (χ2n) is 8.40. The van der Waals surface area contributed by atoms with Crippen LogP contribution in [0.2, 0.25) is 0 Å². The van der Waals surface area contributed by atoms with Gasteiger partial charge in [-0.3, -0.25) is 19.7 Å². The molecule has 0 unspecified atom stereocenters. The molecular weight excluding hydrogens is 432 g/mol. The first-order valence-corrected chi connectivity index (χ1v) is 11.0. The number of amides is 2. The Morgan fingerprint density at radius 1 is 0.824 bits per heavy atom. The van der Waals surface area contributed by atoms with Crippen LogP contribution in [-0.2, 0) is 24.7 Å². The second kappa shape index (κ2) is 8.43. The van der Waals surface area contributed by atoms with Crippen molar-refractivity contribution in [3.63, 3.8) is 0 Å². The Hall–Kier alpha value is -3.97. The number of hydrogen-bond donors (Lipinski definition) is 1.